The number of thiazole rings is 1. The lowest BCUT2D eigenvalue weighted by Gasteiger charge is -1.97. The maximum Gasteiger partial charge on any atom is 0.266 e. The molecule has 0 bridgehead atoms. The number of aromatic nitrogens is 2. The van der Waals surface area contributed by atoms with Gasteiger partial charge in [0, 0.05) is 4.90 Å². The molecule has 0 aliphatic carbocycles. The summed E-state index contributed by atoms with van der Waals surface area (Å²) in [4.78, 5) is 9.19. The van der Waals surface area contributed by atoms with E-state index in [1.54, 1.807) is 23.1 Å². The predicted octanol–water partition coefficient (Wildman–Crippen LogP) is 5.25. The second kappa shape index (κ2) is 4.73. The first-order valence-electron chi connectivity index (χ1n) is 5.95. The third-order valence-corrected chi connectivity index (χ3v) is 5.23. The quantitative estimate of drug-likeness (QED) is 0.513. The van der Waals surface area contributed by atoms with Crippen molar-refractivity contribution in [2.75, 3.05) is 0 Å². The van der Waals surface area contributed by atoms with Gasteiger partial charge >= 0.3 is 0 Å². The van der Waals surface area contributed by atoms with Crippen LogP contribution in [0.1, 0.15) is 0 Å². The summed E-state index contributed by atoms with van der Waals surface area (Å²) in [6.07, 6.45) is 0. The normalized spacial score (nSPS) is 11.4. The fourth-order valence-corrected chi connectivity index (χ4v) is 4.35. The third kappa shape index (κ3) is 2.06. The summed E-state index contributed by atoms with van der Waals surface area (Å²) in [7, 11) is 0. The van der Waals surface area contributed by atoms with Gasteiger partial charge in [-0.2, -0.15) is 0 Å². The van der Waals surface area contributed by atoms with E-state index in [9.17, 15) is 0 Å². The van der Waals surface area contributed by atoms with E-state index < -0.39 is 0 Å². The van der Waals surface area contributed by atoms with E-state index in [1.807, 2.05) is 36.4 Å². The van der Waals surface area contributed by atoms with Crippen LogP contribution in [-0.4, -0.2) is 9.97 Å². The number of H-pyrrole nitrogens is 1. The molecule has 0 saturated heterocycles. The van der Waals surface area contributed by atoms with Crippen LogP contribution in [-0.2, 0) is 0 Å². The van der Waals surface area contributed by atoms with Gasteiger partial charge < -0.3 is 9.40 Å². The minimum Gasteiger partial charge on any atom is -0.429 e. The fourth-order valence-electron chi connectivity index (χ4n) is 2.02. The first kappa shape index (κ1) is 12.1. The van der Waals surface area contributed by atoms with Crippen LogP contribution in [0.15, 0.2) is 56.1 Å². The Balaban J connectivity index is 1.82. The smallest absolute Gasteiger partial charge is 0.266 e. The van der Waals surface area contributed by atoms with Crippen molar-refractivity contribution < 1.29 is 4.42 Å². The number of para-hydroxylation sites is 2. The van der Waals surface area contributed by atoms with E-state index in [2.05, 4.69) is 16.0 Å². The molecule has 2 aromatic carbocycles. The molecule has 0 atom stereocenters. The van der Waals surface area contributed by atoms with Crippen LogP contribution in [0.5, 0.6) is 0 Å². The summed E-state index contributed by atoms with van der Waals surface area (Å²) in [6, 6.07) is 14.1. The molecule has 0 aliphatic heterocycles. The molecular formula is C14H8N2OS3. The highest BCUT2D eigenvalue weighted by Crippen LogP contribution is 2.37. The van der Waals surface area contributed by atoms with Gasteiger partial charge in [0.1, 0.15) is 0 Å². The molecule has 3 nitrogen and oxygen atoms in total. The summed E-state index contributed by atoms with van der Waals surface area (Å²) in [5, 5.41) is 0. The highest BCUT2D eigenvalue weighted by molar-refractivity contribution is 8.01. The molecule has 1 N–H and O–H groups in total. The Bertz CT molecular complexity index is 934. The Hall–Kier alpha value is -1.63. The fraction of sp³-hybridized carbons (Fsp3) is 0. The van der Waals surface area contributed by atoms with Crippen molar-refractivity contribution in [3.05, 3.63) is 47.3 Å². The molecular weight excluding hydrogens is 308 g/mol. The number of nitrogens with one attached hydrogen (secondary N) is 1. The SMILES string of the molecule is S=c1[nH]c2c(Sc3nc4ccccc4s3)cccc2o1. The van der Waals surface area contributed by atoms with Gasteiger partial charge in [0.25, 0.3) is 4.84 Å². The van der Waals surface area contributed by atoms with Crippen LogP contribution >= 0.6 is 35.3 Å². The summed E-state index contributed by atoms with van der Waals surface area (Å²) in [5.74, 6) is 0. The zero-order valence-electron chi connectivity index (χ0n) is 10.1. The highest BCUT2D eigenvalue weighted by Gasteiger charge is 2.10. The van der Waals surface area contributed by atoms with E-state index in [0.29, 0.717) is 4.84 Å². The molecule has 6 heteroatoms. The van der Waals surface area contributed by atoms with Gasteiger partial charge in [0.05, 0.1) is 15.7 Å². The van der Waals surface area contributed by atoms with Crippen molar-refractivity contribution in [1.29, 1.82) is 0 Å². The van der Waals surface area contributed by atoms with Crippen LogP contribution in [0.3, 0.4) is 0 Å². The Morgan fingerprint density at radius 3 is 2.95 bits per heavy atom. The third-order valence-electron chi connectivity index (χ3n) is 2.89. The molecule has 0 radical (unpaired) electrons. The van der Waals surface area contributed by atoms with Gasteiger partial charge in [-0.25, -0.2) is 4.98 Å². The highest BCUT2D eigenvalue weighted by atomic mass is 32.2. The zero-order chi connectivity index (χ0) is 13.5. The monoisotopic (exact) mass is 316 g/mol. The lowest BCUT2D eigenvalue weighted by molar-refractivity contribution is 0.583. The number of aromatic amines is 1. The van der Waals surface area contributed by atoms with Crippen molar-refractivity contribution in [3.63, 3.8) is 0 Å². The summed E-state index contributed by atoms with van der Waals surface area (Å²) in [5.41, 5.74) is 2.75. The number of rotatable bonds is 2. The van der Waals surface area contributed by atoms with Crippen LogP contribution in [0.2, 0.25) is 0 Å². The Labute approximate surface area is 127 Å². The van der Waals surface area contributed by atoms with Crippen LogP contribution in [0.25, 0.3) is 21.3 Å². The molecule has 4 aromatic rings. The maximum absolute atomic E-state index is 5.43. The van der Waals surface area contributed by atoms with Gasteiger partial charge in [-0.15, -0.1) is 11.3 Å². The van der Waals surface area contributed by atoms with Gasteiger partial charge in [-0.05, 0) is 36.5 Å². The summed E-state index contributed by atoms with van der Waals surface area (Å²) < 4.78 is 7.64. The van der Waals surface area contributed by atoms with Crippen molar-refractivity contribution in [2.45, 2.75) is 9.24 Å². The first-order chi connectivity index (χ1) is 9.79. The number of hydrogen-bond acceptors (Lipinski definition) is 5. The number of benzene rings is 2. The van der Waals surface area contributed by atoms with E-state index in [0.717, 1.165) is 25.9 Å². The van der Waals surface area contributed by atoms with Gasteiger partial charge in [-0.1, -0.05) is 30.0 Å². The Kier molecular flexibility index (Phi) is 2.87. The molecule has 0 unspecified atom stereocenters. The standard InChI is InChI=1S/C14H8N2OS3/c18-13-16-12-9(17-13)5-3-7-11(12)20-14-15-8-4-1-2-6-10(8)19-14/h1-7H,(H,16,18). The average Bonchev–Trinajstić information content (AvgIpc) is 3.01. The molecule has 0 fully saturated rings. The summed E-state index contributed by atoms with van der Waals surface area (Å²) >= 11 is 8.36. The largest absolute Gasteiger partial charge is 0.429 e. The van der Waals surface area contributed by atoms with Crippen molar-refractivity contribution in [1.82, 2.24) is 9.97 Å². The molecule has 2 heterocycles. The minimum absolute atomic E-state index is 0.400. The van der Waals surface area contributed by atoms with Gasteiger partial charge in [0.15, 0.2) is 9.92 Å². The zero-order valence-corrected chi connectivity index (χ0v) is 12.6. The number of nitrogens with zero attached hydrogens (tertiary/aromatic N) is 1. The van der Waals surface area contributed by atoms with Crippen LogP contribution < -0.4 is 0 Å². The van der Waals surface area contributed by atoms with E-state index >= 15 is 0 Å². The molecule has 0 saturated carbocycles. The van der Waals surface area contributed by atoms with Crippen LogP contribution in [0, 0.1) is 4.84 Å². The molecule has 0 spiro atoms. The molecule has 0 aliphatic rings. The number of fused-ring (bicyclic) bond motifs is 2. The number of hydrogen-bond donors (Lipinski definition) is 1. The van der Waals surface area contributed by atoms with Gasteiger partial charge in [-0.3, -0.25) is 0 Å². The van der Waals surface area contributed by atoms with Crippen molar-refractivity contribution in [3.8, 4) is 0 Å². The van der Waals surface area contributed by atoms with Crippen molar-refractivity contribution >= 4 is 56.6 Å². The van der Waals surface area contributed by atoms with E-state index in [1.165, 1.54) is 4.70 Å². The maximum atomic E-state index is 5.43. The number of oxazole rings is 1. The minimum atomic E-state index is 0.400. The average molecular weight is 316 g/mol. The molecule has 0 amide bonds. The Morgan fingerprint density at radius 1 is 1.15 bits per heavy atom. The molecule has 4 rings (SSSR count). The van der Waals surface area contributed by atoms with E-state index in [-0.39, 0.29) is 0 Å². The van der Waals surface area contributed by atoms with E-state index in [4.69, 9.17) is 16.6 Å². The first-order valence-corrected chi connectivity index (χ1v) is 7.99. The van der Waals surface area contributed by atoms with Crippen LogP contribution in [0.4, 0.5) is 0 Å². The molecule has 2 aromatic heterocycles. The second-order valence-electron chi connectivity index (χ2n) is 4.19. The van der Waals surface area contributed by atoms with Crippen molar-refractivity contribution in [2.24, 2.45) is 0 Å². The molecule has 20 heavy (non-hydrogen) atoms. The predicted molar refractivity (Wildman–Crippen MR) is 85.1 cm³/mol. The Morgan fingerprint density at radius 2 is 2.05 bits per heavy atom. The molecule has 98 valence electrons. The lowest BCUT2D eigenvalue weighted by atomic mass is 10.3. The van der Waals surface area contributed by atoms with Gasteiger partial charge in [0.2, 0.25) is 0 Å². The summed E-state index contributed by atoms with van der Waals surface area (Å²) in [6.45, 7) is 0. The lowest BCUT2D eigenvalue weighted by Crippen LogP contribution is -1.76. The topological polar surface area (TPSA) is 41.8 Å². The second-order valence-corrected chi connectivity index (χ2v) is 6.88.